The van der Waals surface area contributed by atoms with Crippen LogP contribution in [0, 0.1) is 5.92 Å². The number of rotatable bonds is 1. The second kappa shape index (κ2) is 3.56. The molecule has 0 saturated carbocycles. The molecule has 1 aliphatic carbocycles. The molecule has 0 amide bonds. The molecule has 0 aliphatic heterocycles. The lowest BCUT2D eigenvalue weighted by atomic mass is 9.92. The fourth-order valence-corrected chi connectivity index (χ4v) is 1.39. The first-order valence-corrected chi connectivity index (χ1v) is 4.29. The molecule has 0 bridgehead atoms. The van der Waals surface area contributed by atoms with Gasteiger partial charge in [-0.05, 0) is 19.3 Å². The van der Waals surface area contributed by atoms with Crippen molar-refractivity contribution in [3.05, 3.63) is 35.5 Å². The highest BCUT2D eigenvalue weighted by molar-refractivity contribution is 5.30. The van der Waals surface area contributed by atoms with Crippen LogP contribution in [0.3, 0.4) is 0 Å². The topological polar surface area (TPSA) is 0 Å². The van der Waals surface area contributed by atoms with Gasteiger partial charge in [-0.1, -0.05) is 49.3 Å². The predicted molar refractivity (Wildman–Crippen MR) is 50.4 cm³/mol. The van der Waals surface area contributed by atoms with Crippen LogP contribution < -0.4 is 0 Å². The first-order valence-electron chi connectivity index (χ1n) is 4.29. The summed E-state index contributed by atoms with van der Waals surface area (Å²) in [5.41, 5.74) is 3.00. The van der Waals surface area contributed by atoms with E-state index in [1.807, 2.05) is 0 Å². The van der Waals surface area contributed by atoms with Crippen molar-refractivity contribution in [3.8, 4) is 0 Å². The predicted octanol–water partition coefficient (Wildman–Crippen LogP) is 3.48. The lowest BCUT2D eigenvalue weighted by Crippen LogP contribution is -1.98. The van der Waals surface area contributed by atoms with Crippen LogP contribution in [-0.4, -0.2) is 0 Å². The Balaban J connectivity index is 2.88. The van der Waals surface area contributed by atoms with Crippen molar-refractivity contribution in [1.29, 1.82) is 0 Å². The van der Waals surface area contributed by atoms with Gasteiger partial charge in [0, 0.05) is 0 Å². The second-order valence-corrected chi connectivity index (χ2v) is 3.11. The lowest BCUT2D eigenvalue weighted by molar-refractivity contribution is 0.762. The van der Waals surface area contributed by atoms with Crippen molar-refractivity contribution >= 4 is 0 Å². The smallest absolute Gasteiger partial charge is 0.00181 e. The van der Waals surface area contributed by atoms with Gasteiger partial charge in [0.15, 0.2) is 0 Å². The van der Waals surface area contributed by atoms with E-state index in [9.17, 15) is 0 Å². The maximum absolute atomic E-state index is 2.27. The highest BCUT2D eigenvalue weighted by atomic mass is 14.1. The molecule has 0 heterocycles. The average Bonchev–Trinajstić information content (AvgIpc) is 2.16. The Morgan fingerprint density at radius 1 is 1.27 bits per heavy atom. The maximum atomic E-state index is 2.27. The largest absolute Gasteiger partial charge is 0.0664 e. The summed E-state index contributed by atoms with van der Waals surface area (Å²) < 4.78 is 0. The molecule has 60 valence electrons. The summed E-state index contributed by atoms with van der Waals surface area (Å²) in [5, 5.41) is 0. The molecule has 0 aromatic rings. The van der Waals surface area contributed by atoms with E-state index in [0.717, 1.165) is 6.42 Å². The molecular formula is C11H16. The normalized spacial score (nSPS) is 24.1. The van der Waals surface area contributed by atoms with Gasteiger partial charge in [-0.25, -0.2) is 0 Å². The first-order chi connectivity index (χ1) is 5.25. The van der Waals surface area contributed by atoms with Crippen LogP contribution in [0.1, 0.15) is 27.2 Å². The van der Waals surface area contributed by atoms with Crippen LogP contribution in [0.25, 0.3) is 0 Å². The van der Waals surface area contributed by atoms with E-state index in [1.54, 1.807) is 0 Å². The van der Waals surface area contributed by atoms with Gasteiger partial charge in [-0.15, -0.1) is 0 Å². The Kier molecular flexibility index (Phi) is 2.70. The second-order valence-electron chi connectivity index (χ2n) is 3.11. The van der Waals surface area contributed by atoms with E-state index in [4.69, 9.17) is 0 Å². The van der Waals surface area contributed by atoms with Gasteiger partial charge in [-0.2, -0.15) is 0 Å². The minimum absolute atomic E-state index is 0.634. The van der Waals surface area contributed by atoms with Crippen molar-refractivity contribution in [3.63, 3.8) is 0 Å². The molecule has 0 spiro atoms. The summed E-state index contributed by atoms with van der Waals surface area (Å²) in [7, 11) is 0. The average molecular weight is 148 g/mol. The summed E-state index contributed by atoms with van der Waals surface area (Å²) in [6.07, 6.45) is 9.85. The fraction of sp³-hybridized carbons (Fsp3) is 0.455. The third-order valence-electron chi connectivity index (χ3n) is 2.43. The molecule has 11 heavy (non-hydrogen) atoms. The highest BCUT2D eigenvalue weighted by Gasteiger charge is 2.08. The Morgan fingerprint density at radius 2 is 1.91 bits per heavy atom. The Labute approximate surface area is 69.3 Å². The molecule has 0 aromatic heterocycles. The van der Waals surface area contributed by atoms with Crippen molar-refractivity contribution < 1.29 is 0 Å². The number of allylic oxidation sites excluding steroid dienone is 6. The molecular weight excluding hydrogens is 132 g/mol. The van der Waals surface area contributed by atoms with Gasteiger partial charge in [0.1, 0.15) is 0 Å². The molecule has 1 atom stereocenters. The summed E-state index contributed by atoms with van der Waals surface area (Å²) in [4.78, 5) is 0. The number of hydrogen-bond donors (Lipinski definition) is 0. The minimum Gasteiger partial charge on any atom is -0.0664 e. The van der Waals surface area contributed by atoms with E-state index in [-0.39, 0.29) is 0 Å². The van der Waals surface area contributed by atoms with E-state index < -0.39 is 0 Å². The molecule has 0 aromatic carbocycles. The lowest BCUT2D eigenvalue weighted by Gasteiger charge is -2.13. The van der Waals surface area contributed by atoms with E-state index >= 15 is 0 Å². The van der Waals surface area contributed by atoms with Gasteiger partial charge >= 0.3 is 0 Å². The monoisotopic (exact) mass is 148 g/mol. The third kappa shape index (κ3) is 1.83. The summed E-state index contributed by atoms with van der Waals surface area (Å²) in [6, 6.07) is 0. The van der Waals surface area contributed by atoms with Gasteiger partial charge < -0.3 is 0 Å². The van der Waals surface area contributed by atoms with Crippen molar-refractivity contribution in [2.24, 2.45) is 5.92 Å². The minimum atomic E-state index is 0.634. The van der Waals surface area contributed by atoms with Crippen LogP contribution >= 0.6 is 0 Å². The van der Waals surface area contributed by atoms with Crippen LogP contribution in [0.4, 0.5) is 0 Å². The van der Waals surface area contributed by atoms with Gasteiger partial charge in [0.05, 0.1) is 0 Å². The molecule has 0 heteroatoms. The zero-order chi connectivity index (χ0) is 8.27. The highest BCUT2D eigenvalue weighted by Crippen LogP contribution is 2.23. The molecule has 0 nitrogen and oxygen atoms in total. The van der Waals surface area contributed by atoms with Crippen molar-refractivity contribution in [1.82, 2.24) is 0 Å². The van der Waals surface area contributed by atoms with E-state index in [2.05, 4.69) is 45.1 Å². The van der Waals surface area contributed by atoms with E-state index in [0.29, 0.717) is 5.92 Å². The van der Waals surface area contributed by atoms with Crippen molar-refractivity contribution in [2.45, 2.75) is 27.2 Å². The quantitative estimate of drug-likeness (QED) is 0.534. The molecule has 1 aliphatic rings. The van der Waals surface area contributed by atoms with Crippen LogP contribution in [-0.2, 0) is 0 Å². The summed E-state index contributed by atoms with van der Waals surface area (Å²) in [5.74, 6) is 0.634. The standard InChI is InChI=1S/C11H16/c1-4-11-8-6-5-7-9(2)10(11)3/h5-8,10H,4H2,1-3H3. The Bertz CT molecular complexity index is 216. The Hall–Kier alpha value is -0.780. The van der Waals surface area contributed by atoms with Crippen molar-refractivity contribution in [2.75, 3.05) is 0 Å². The van der Waals surface area contributed by atoms with E-state index in [1.165, 1.54) is 11.1 Å². The molecule has 1 unspecified atom stereocenters. The number of hydrogen-bond acceptors (Lipinski definition) is 0. The van der Waals surface area contributed by atoms with Crippen LogP contribution in [0.15, 0.2) is 35.5 Å². The SMILES string of the molecule is CCC1=CC=CC=C(C)C1C. The van der Waals surface area contributed by atoms with Gasteiger partial charge in [-0.3, -0.25) is 0 Å². The van der Waals surface area contributed by atoms with Gasteiger partial charge in [0.25, 0.3) is 0 Å². The molecule has 0 radical (unpaired) electrons. The first kappa shape index (κ1) is 8.32. The molecule has 0 saturated heterocycles. The molecule has 0 fully saturated rings. The fourth-order valence-electron chi connectivity index (χ4n) is 1.39. The molecule has 1 rings (SSSR count). The van der Waals surface area contributed by atoms with Crippen LogP contribution in [0.2, 0.25) is 0 Å². The Morgan fingerprint density at radius 3 is 2.55 bits per heavy atom. The molecule has 0 N–H and O–H groups in total. The third-order valence-corrected chi connectivity index (χ3v) is 2.43. The zero-order valence-electron chi connectivity index (χ0n) is 7.59. The maximum Gasteiger partial charge on any atom is -0.00181 e. The summed E-state index contributed by atoms with van der Waals surface area (Å²) in [6.45, 7) is 6.69. The summed E-state index contributed by atoms with van der Waals surface area (Å²) >= 11 is 0. The van der Waals surface area contributed by atoms with Gasteiger partial charge in [0.2, 0.25) is 0 Å². The van der Waals surface area contributed by atoms with Crippen LogP contribution in [0.5, 0.6) is 0 Å². The zero-order valence-corrected chi connectivity index (χ0v) is 7.59.